The molecule has 0 aliphatic heterocycles. The third-order valence-corrected chi connectivity index (χ3v) is 3.69. The molecule has 0 aliphatic rings. The molecule has 0 aromatic heterocycles. The number of hydrogen-bond donors (Lipinski definition) is 7. The number of aliphatic carboxylic acids is 3. The highest BCUT2D eigenvalue weighted by molar-refractivity contribution is 5.94. The molecule has 0 fully saturated rings. The van der Waals surface area contributed by atoms with Gasteiger partial charge in [-0.15, -0.1) is 0 Å². The standard InChI is InChI=1S/C16H26N4O9/c1-7(2)13(16(28)29)20-15(27)9(5-12(24)25)19-10(21)6-18-14(26)8(17)3-4-11(22)23/h7-9,13H,3-6,17H2,1-2H3,(H,18,26)(H,19,21)(H,20,27)(H,22,23)(H,24,25)(H,28,29). The first kappa shape index (κ1) is 25.8. The molecule has 0 saturated carbocycles. The van der Waals surface area contributed by atoms with Crippen LogP contribution in [0, 0.1) is 5.92 Å². The molecule has 3 atom stereocenters. The average molecular weight is 418 g/mol. The van der Waals surface area contributed by atoms with Crippen molar-refractivity contribution in [1.82, 2.24) is 16.0 Å². The monoisotopic (exact) mass is 418 g/mol. The second kappa shape index (κ2) is 12.3. The van der Waals surface area contributed by atoms with Gasteiger partial charge < -0.3 is 37.0 Å². The molecule has 0 rings (SSSR count). The van der Waals surface area contributed by atoms with Crippen molar-refractivity contribution < 1.29 is 44.1 Å². The van der Waals surface area contributed by atoms with E-state index in [2.05, 4.69) is 16.0 Å². The van der Waals surface area contributed by atoms with Gasteiger partial charge in [0, 0.05) is 6.42 Å². The highest BCUT2D eigenvalue weighted by atomic mass is 16.4. The third kappa shape index (κ3) is 10.6. The van der Waals surface area contributed by atoms with Crippen LogP contribution in [0.2, 0.25) is 0 Å². The van der Waals surface area contributed by atoms with E-state index < -0.39 is 72.6 Å². The van der Waals surface area contributed by atoms with Crippen molar-refractivity contribution in [2.24, 2.45) is 11.7 Å². The number of amides is 3. The largest absolute Gasteiger partial charge is 0.481 e. The van der Waals surface area contributed by atoms with E-state index in [4.69, 9.17) is 21.1 Å². The molecular formula is C16H26N4O9. The first-order chi connectivity index (χ1) is 13.3. The summed E-state index contributed by atoms with van der Waals surface area (Å²) in [6.45, 7) is 2.43. The number of nitrogens with two attached hydrogens (primary N) is 1. The second-order valence-corrected chi connectivity index (χ2v) is 6.54. The van der Waals surface area contributed by atoms with Gasteiger partial charge in [-0.3, -0.25) is 24.0 Å². The van der Waals surface area contributed by atoms with Crippen LogP contribution in [0.5, 0.6) is 0 Å². The van der Waals surface area contributed by atoms with Crippen LogP contribution in [0.3, 0.4) is 0 Å². The zero-order valence-corrected chi connectivity index (χ0v) is 16.0. The number of carbonyl (C=O) groups is 6. The van der Waals surface area contributed by atoms with Gasteiger partial charge in [-0.2, -0.15) is 0 Å². The van der Waals surface area contributed by atoms with Crippen molar-refractivity contribution in [3.05, 3.63) is 0 Å². The molecule has 0 bridgehead atoms. The van der Waals surface area contributed by atoms with Gasteiger partial charge in [-0.25, -0.2) is 4.79 Å². The quantitative estimate of drug-likeness (QED) is 0.166. The lowest BCUT2D eigenvalue weighted by molar-refractivity contribution is -0.144. The van der Waals surface area contributed by atoms with Gasteiger partial charge >= 0.3 is 17.9 Å². The molecule has 13 nitrogen and oxygen atoms in total. The van der Waals surface area contributed by atoms with Crippen molar-refractivity contribution in [3.8, 4) is 0 Å². The van der Waals surface area contributed by atoms with Crippen LogP contribution in [0.1, 0.15) is 33.1 Å². The normalized spacial score (nSPS) is 13.7. The Labute approximate surface area is 166 Å². The molecule has 3 unspecified atom stereocenters. The van der Waals surface area contributed by atoms with Gasteiger partial charge in [-0.05, 0) is 12.3 Å². The number of carbonyl (C=O) groups excluding carboxylic acids is 3. The van der Waals surface area contributed by atoms with Crippen LogP contribution < -0.4 is 21.7 Å². The topological polar surface area (TPSA) is 225 Å². The molecular weight excluding hydrogens is 392 g/mol. The fourth-order valence-corrected chi connectivity index (χ4v) is 2.11. The van der Waals surface area contributed by atoms with Crippen LogP contribution in [-0.4, -0.2) is 75.6 Å². The summed E-state index contributed by atoms with van der Waals surface area (Å²) >= 11 is 0. The van der Waals surface area contributed by atoms with Crippen molar-refractivity contribution in [2.75, 3.05) is 6.54 Å². The van der Waals surface area contributed by atoms with E-state index in [0.29, 0.717) is 0 Å². The molecule has 29 heavy (non-hydrogen) atoms. The Morgan fingerprint density at radius 1 is 0.897 bits per heavy atom. The van der Waals surface area contributed by atoms with E-state index in [0.717, 1.165) is 0 Å². The average Bonchev–Trinajstić information content (AvgIpc) is 2.60. The first-order valence-corrected chi connectivity index (χ1v) is 8.64. The van der Waals surface area contributed by atoms with Crippen LogP contribution >= 0.6 is 0 Å². The number of rotatable bonds is 13. The van der Waals surface area contributed by atoms with Crippen molar-refractivity contribution in [3.63, 3.8) is 0 Å². The van der Waals surface area contributed by atoms with E-state index in [1.165, 1.54) is 13.8 Å². The van der Waals surface area contributed by atoms with Crippen LogP contribution in [0.25, 0.3) is 0 Å². The maximum Gasteiger partial charge on any atom is 0.326 e. The Hall–Kier alpha value is -3.22. The number of hydrogen-bond acceptors (Lipinski definition) is 7. The molecule has 0 radical (unpaired) electrons. The minimum atomic E-state index is -1.57. The lowest BCUT2D eigenvalue weighted by Crippen LogP contribution is -2.55. The summed E-state index contributed by atoms with van der Waals surface area (Å²) in [6, 6.07) is -4.03. The Kier molecular flexibility index (Phi) is 10.9. The molecule has 164 valence electrons. The fourth-order valence-electron chi connectivity index (χ4n) is 2.11. The Bertz CT molecular complexity index is 650. The van der Waals surface area contributed by atoms with Crippen molar-refractivity contribution in [2.45, 2.75) is 51.2 Å². The first-order valence-electron chi connectivity index (χ1n) is 8.64. The van der Waals surface area contributed by atoms with E-state index >= 15 is 0 Å². The Morgan fingerprint density at radius 2 is 1.48 bits per heavy atom. The van der Waals surface area contributed by atoms with Gasteiger partial charge in [0.15, 0.2) is 0 Å². The summed E-state index contributed by atoms with van der Waals surface area (Å²) in [6.07, 6.45) is -1.31. The third-order valence-electron chi connectivity index (χ3n) is 3.69. The second-order valence-electron chi connectivity index (χ2n) is 6.54. The van der Waals surface area contributed by atoms with E-state index in [1.807, 2.05) is 0 Å². The Morgan fingerprint density at radius 3 is 1.93 bits per heavy atom. The number of carboxylic acids is 3. The van der Waals surface area contributed by atoms with E-state index in [-0.39, 0.29) is 12.8 Å². The van der Waals surface area contributed by atoms with Crippen molar-refractivity contribution >= 4 is 35.6 Å². The molecule has 0 spiro atoms. The van der Waals surface area contributed by atoms with Crippen LogP contribution in [0.4, 0.5) is 0 Å². The molecule has 0 aromatic carbocycles. The minimum absolute atomic E-state index is 0.154. The SMILES string of the molecule is CC(C)C(NC(=O)C(CC(=O)O)NC(=O)CNC(=O)C(N)CCC(=O)O)C(=O)O. The van der Waals surface area contributed by atoms with Crippen LogP contribution in [0.15, 0.2) is 0 Å². The van der Waals surface area contributed by atoms with Gasteiger partial charge in [-0.1, -0.05) is 13.8 Å². The van der Waals surface area contributed by atoms with Crippen molar-refractivity contribution in [1.29, 1.82) is 0 Å². The highest BCUT2D eigenvalue weighted by Gasteiger charge is 2.30. The summed E-state index contributed by atoms with van der Waals surface area (Å²) in [5.74, 6) is -7.10. The summed E-state index contributed by atoms with van der Waals surface area (Å²) in [4.78, 5) is 68.4. The van der Waals surface area contributed by atoms with E-state index in [1.54, 1.807) is 0 Å². The summed E-state index contributed by atoms with van der Waals surface area (Å²) < 4.78 is 0. The van der Waals surface area contributed by atoms with Gasteiger partial charge in [0.2, 0.25) is 17.7 Å². The lowest BCUT2D eigenvalue weighted by Gasteiger charge is -2.22. The zero-order chi connectivity index (χ0) is 22.7. The van der Waals surface area contributed by atoms with E-state index in [9.17, 15) is 28.8 Å². The predicted molar refractivity (Wildman–Crippen MR) is 96.4 cm³/mol. The predicted octanol–water partition coefficient (Wildman–Crippen LogP) is -2.52. The van der Waals surface area contributed by atoms with Crippen LogP contribution in [-0.2, 0) is 28.8 Å². The zero-order valence-electron chi connectivity index (χ0n) is 16.0. The van der Waals surface area contributed by atoms with Gasteiger partial charge in [0.05, 0.1) is 19.0 Å². The lowest BCUT2D eigenvalue weighted by atomic mass is 10.0. The Balaban J connectivity index is 4.84. The molecule has 0 saturated heterocycles. The summed E-state index contributed by atoms with van der Waals surface area (Å²) in [5, 5.41) is 33.0. The molecule has 0 heterocycles. The maximum absolute atomic E-state index is 12.2. The maximum atomic E-state index is 12.2. The summed E-state index contributed by atoms with van der Waals surface area (Å²) in [7, 11) is 0. The molecule has 8 N–H and O–H groups in total. The number of carboxylic acid groups (broad SMARTS) is 3. The molecule has 3 amide bonds. The minimum Gasteiger partial charge on any atom is -0.481 e. The number of nitrogens with one attached hydrogen (secondary N) is 3. The fraction of sp³-hybridized carbons (Fsp3) is 0.625. The molecule has 0 aliphatic carbocycles. The smallest absolute Gasteiger partial charge is 0.326 e. The highest BCUT2D eigenvalue weighted by Crippen LogP contribution is 2.03. The summed E-state index contributed by atoms with van der Waals surface area (Å²) in [5.41, 5.74) is 5.47. The van der Waals surface area contributed by atoms with Gasteiger partial charge in [0.25, 0.3) is 0 Å². The molecule has 0 aromatic rings. The van der Waals surface area contributed by atoms with Gasteiger partial charge in [0.1, 0.15) is 12.1 Å². The molecule has 13 heteroatoms.